The van der Waals surface area contributed by atoms with Gasteiger partial charge >= 0.3 is 0 Å². The molecule has 2 aromatic rings. The number of rotatable bonds is 4. The third kappa shape index (κ3) is 2.47. The fraction of sp³-hybridized carbons (Fsp3) is 0.200. The highest BCUT2D eigenvalue weighted by molar-refractivity contribution is 7.14. The van der Waals surface area contributed by atoms with Crippen molar-refractivity contribution >= 4 is 28.6 Å². The summed E-state index contributed by atoms with van der Waals surface area (Å²) in [7, 11) is 0. The van der Waals surface area contributed by atoms with Crippen molar-refractivity contribution < 1.29 is 4.92 Å². The summed E-state index contributed by atoms with van der Waals surface area (Å²) in [5, 5.41) is 20.3. The van der Waals surface area contributed by atoms with Gasteiger partial charge in [-0.3, -0.25) is 10.1 Å². The molecule has 0 unspecified atom stereocenters. The molecule has 0 spiro atoms. The summed E-state index contributed by atoms with van der Waals surface area (Å²) < 4.78 is 0. The largest absolute Gasteiger partial charge is 0.330 e. The van der Waals surface area contributed by atoms with E-state index in [9.17, 15) is 10.1 Å². The Kier molecular flexibility index (Phi) is 3.85. The van der Waals surface area contributed by atoms with E-state index >= 15 is 0 Å². The number of hydrogen-bond acceptors (Lipinski definition) is 6. The smallest absolute Gasteiger partial charge is 0.281 e. The highest BCUT2D eigenvalue weighted by Crippen LogP contribution is 2.37. The van der Waals surface area contributed by atoms with E-state index in [4.69, 9.17) is 17.3 Å². The van der Waals surface area contributed by atoms with Crippen molar-refractivity contribution in [3.05, 3.63) is 38.3 Å². The summed E-state index contributed by atoms with van der Waals surface area (Å²) in [6, 6.07) is 4.52. The Bertz CT molecular complexity index is 587. The van der Waals surface area contributed by atoms with Gasteiger partial charge < -0.3 is 5.73 Å². The Morgan fingerprint density at radius 2 is 2.22 bits per heavy atom. The van der Waals surface area contributed by atoms with Crippen molar-refractivity contribution in [2.75, 3.05) is 6.54 Å². The number of hydrogen-bond donors (Lipinski definition) is 1. The van der Waals surface area contributed by atoms with Gasteiger partial charge in [0, 0.05) is 12.5 Å². The third-order valence-electron chi connectivity index (χ3n) is 2.23. The fourth-order valence-electron chi connectivity index (χ4n) is 1.46. The van der Waals surface area contributed by atoms with E-state index in [0.717, 1.165) is 5.01 Å². The van der Waals surface area contributed by atoms with Gasteiger partial charge in [0.15, 0.2) is 5.01 Å². The molecule has 0 aliphatic heterocycles. The molecule has 0 saturated carbocycles. The van der Waals surface area contributed by atoms with Crippen LogP contribution in [0.1, 0.15) is 5.01 Å². The summed E-state index contributed by atoms with van der Waals surface area (Å²) in [6.45, 7) is 0.458. The lowest BCUT2D eigenvalue weighted by atomic mass is 10.2. The molecule has 2 rings (SSSR count). The molecule has 8 heteroatoms. The highest BCUT2D eigenvalue weighted by Gasteiger charge is 2.21. The number of nitro groups is 1. The molecule has 0 saturated heterocycles. The number of nitro benzene ring substituents is 1. The Labute approximate surface area is 112 Å². The molecule has 94 valence electrons. The lowest BCUT2D eigenvalue weighted by molar-refractivity contribution is -0.384. The third-order valence-corrected chi connectivity index (χ3v) is 3.54. The Morgan fingerprint density at radius 3 is 2.89 bits per heavy atom. The molecule has 0 aliphatic carbocycles. The van der Waals surface area contributed by atoms with Crippen LogP contribution in [0.2, 0.25) is 5.02 Å². The van der Waals surface area contributed by atoms with Crippen LogP contribution in [0.5, 0.6) is 0 Å². The maximum absolute atomic E-state index is 11.0. The van der Waals surface area contributed by atoms with E-state index < -0.39 is 4.92 Å². The quantitative estimate of drug-likeness (QED) is 0.686. The summed E-state index contributed by atoms with van der Waals surface area (Å²) in [6.07, 6.45) is 0.593. The van der Waals surface area contributed by atoms with Crippen molar-refractivity contribution in [2.24, 2.45) is 5.73 Å². The van der Waals surface area contributed by atoms with Crippen molar-refractivity contribution in [3.8, 4) is 10.6 Å². The molecule has 1 heterocycles. The van der Waals surface area contributed by atoms with Crippen LogP contribution in [0.25, 0.3) is 10.6 Å². The van der Waals surface area contributed by atoms with Crippen LogP contribution in [-0.4, -0.2) is 21.7 Å². The van der Waals surface area contributed by atoms with Crippen molar-refractivity contribution in [1.29, 1.82) is 0 Å². The number of aromatic nitrogens is 2. The van der Waals surface area contributed by atoms with E-state index in [2.05, 4.69) is 10.2 Å². The van der Waals surface area contributed by atoms with Crippen LogP contribution in [0, 0.1) is 10.1 Å². The van der Waals surface area contributed by atoms with E-state index in [-0.39, 0.29) is 5.69 Å². The maximum Gasteiger partial charge on any atom is 0.281 e. The molecule has 1 aromatic heterocycles. The molecule has 6 nitrogen and oxygen atoms in total. The van der Waals surface area contributed by atoms with Gasteiger partial charge in [0.2, 0.25) is 0 Å². The van der Waals surface area contributed by atoms with Gasteiger partial charge in [0.05, 0.1) is 9.95 Å². The highest BCUT2D eigenvalue weighted by atomic mass is 35.5. The van der Waals surface area contributed by atoms with E-state index in [1.165, 1.54) is 23.5 Å². The zero-order chi connectivity index (χ0) is 13.1. The van der Waals surface area contributed by atoms with Gasteiger partial charge in [-0.15, -0.1) is 10.2 Å². The molecule has 0 fully saturated rings. The minimum absolute atomic E-state index is 0.0713. The van der Waals surface area contributed by atoms with E-state index in [0.29, 0.717) is 28.6 Å². The zero-order valence-corrected chi connectivity index (χ0v) is 10.7. The Morgan fingerprint density at radius 1 is 1.44 bits per heavy atom. The van der Waals surface area contributed by atoms with Crippen molar-refractivity contribution in [2.45, 2.75) is 6.42 Å². The average molecular weight is 285 g/mol. The van der Waals surface area contributed by atoms with Gasteiger partial charge in [0.1, 0.15) is 10.6 Å². The summed E-state index contributed by atoms with van der Waals surface area (Å²) in [4.78, 5) is 10.5. The molecule has 0 aliphatic rings. The maximum atomic E-state index is 11.0. The average Bonchev–Trinajstić information content (AvgIpc) is 2.77. The van der Waals surface area contributed by atoms with Crippen LogP contribution in [-0.2, 0) is 6.42 Å². The van der Waals surface area contributed by atoms with Crippen LogP contribution < -0.4 is 5.73 Å². The predicted octanol–water partition coefficient (Wildman–Crippen LogP) is 2.27. The number of nitrogens with zero attached hydrogens (tertiary/aromatic N) is 3. The first-order chi connectivity index (χ1) is 8.63. The lowest BCUT2D eigenvalue weighted by Gasteiger charge is -2.00. The zero-order valence-electron chi connectivity index (χ0n) is 9.17. The summed E-state index contributed by atoms with van der Waals surface area (Å²) in [5.74, 6) is 0. The molecule has 18 heavy (non-hydrogen) atoms. The molecule has 0 radical (unpaired) electrons. The first-order valence-corrected chi connectivity index (χ1v) is 6.28. The van der Waals surface area contributed by atoms with E-state index in [1.54, 1.807) is 6.07 Å². The number of nitrogens with two attached hydrogens (primary N) is 1. The molecule has 1 aromatic carbocycles. The molecule has 2 N–H and O–H groups in total. The molecular weight excluding hydrogens is 276 g/mol. The molecule has 0 amide bonds. The second-order valence-corrected chi connectivity index (χ2v) is 4.90. The lowest BCUT2D eigenvalue weighted by Crippen LogP contribution is -2.01. The SMILES string of the molecule is NCCc1nnc(-c2c(Cl)cccc2[N+](=O)[O-])s1. The molecule has 0 atom stereocenters. The second kappa shape index (κ2) is 5.38. The molecule has 0 bridgehead atoms. The van der Waals surface area contributed by atoms with Crippen LogP contribution in [0.4, 0.5) is 5.69 Å². The number of benzene rings is 1. The van der Waals surface area contributed by atoms with Gasteiger partial charge in [-0.1, -0.05) is 29.0 Å². The van der Waals surface area contributed by atoms with Crippen molar-refractivity contribution in [3.63, 3.8) is 0 Å². The summed E-state index contributed by atoms with van der Waals surface area (Å²) in [5.41, 5.74) is 5.66. The Hall–Kier alpha value is -1.57. The van der Waals surface area contributed by atoms with Gasteiger partial charge in [-0.25, -0.2) is 0 Å². The van der Waals surface area contributed by atoms with E-state index in [1.807, 2.05) is 0 Å². The Balaban J connectivity index is 2.51. The van der Waals surface area contributed by atoms with Crippen LogP contribution >= 0.6 is 22.9 Å². The standard InChI is InChI=1S/C10H9ClN4O2S/c11-6-2-1-3-7(15(16)17)9(6)10-14-13-8(18-10)4-5-12/h1-3H,4-5,12H2. The van der Waals surface area contributed by atoms with Crippen LogP contribution in [0.15, 0.2) is 18.2 Å². The topological polar surface area (TPSA) is 94.9 Å². The van der Waals surface area contributed by atoms with Crippen molar-refractivity contribution in [1.82, 2.24) is 10.2 Å². The van der Waals surface area contributed by atoms with Gasteiger partial charge in [-0.05, 0) is 12.6 Å². The first-order valence-electron chi connectivity index (χ1n) is 5.09. The number of halogens is 1. The molecular formula is C10H9ClN4O2S. The van der Waals surface area contributed by atoms with Gasteiger partial charge in [-0.2, -0.15) is 0 Å². The predicted molar refractivity (Wildman–Crippen MR) is 69.8 cm³/mol. The second-order valence-electron chi connectivity index (χ2n) is 3.43. The first kappa shape index (κ1) is 12.9. The van der Waals surface area contributed by atoms with Crippen LogP contribution in [0.3, 0.4) is 0 Å². The minimum Gasteiger partial charge on any atom is -0.330 e. The minimum atomic E-state index is -0.481. The summed E-state index contributed by atoms with van der Waals surface area (Å²) >= 11 is 7.27. The fourth-order valence-corrected chi connectivity index (χ4v) is 2.69. The van der Waals surface area contributed by atoms with Gasteiger partial charge in [0.25, 0.3) is 5.69 Å². The normalized spacial score (nSPS) is 10.6. The monoisotopic (exact) mass is 284 g/mol.